The van der Waals surface area contributed by atoms with Gasteiger partial charge in [0.1, 0.15) is 10.7 Å². The molecule has 0 aliphatic carbocycles. The molecule has 0 atom stereocenters. The number of hydrogen-bond donors (Lipinski definition) is 2. The summed E-state index contributed by atoms with van der Waals surface area (Å²) in [6.45, 7) is 1.86. The lowest BCUT2D eigenvalue weighted by atomic mass is 10.2. The summed E-state index contributed by atoms with van der Waals surface area (Å²) in [7, 11) is 0. The van der Waals surface area contributed by atoms with Gasteiger partial charge in [-0.25, -0.2) is 9.88 Å². The van der Waals surface area contributed by atoms with Crippen molar-refractivity contribution in [2.24, 2.45) is 0 Å². The van der Waals surface area contributed by atoms with Crippen LogP contribution in [0.15, 0.2) is 82.8 Å². The number of thiazole rings is 1. The largest absolute Gasteiger partial charge is 0.350 e. The molecule has 190 valence electrons. The second-order valence-corrected chi connectivity index (χ2v) is 10.4. The van der Waals surface area contributed by atoms with Crippen LogP contribution in [0.25, 0.3) is 11.3 Å². The van der Waals surface area contributed by atoms with Gasteiger partial charge in [0.25, 0.3) is 17.7 Å². The third-order valence-corrected chi connectivity index (χ3v) is 7.27. The Balaban J connectivity index is 1.31. The quantitative estimate of drug-likeness (QED) is 0.236. The zero-order chi connectivity index (χ0) is 27.0. The Morgan fingerprint density at radius 1 is 0.947 bits per heavy atom. The number of carbonyl (C=O) groups excluding carboxylic acids is 3. The Bertz CT molecular complexity index is 1650. The fraction of sp³-hybridized carbons (Fsp3) is 0.0370. The highest BCUT2D eigenvalue weighted by Gasteiger charge is 2.39. The van der Waals surface area contributed by atoms with Crippen LogP contribution < -0.4 is 15.5 Å². The van der Waals surface area contributed by atoms with Gasteiger partial charge in [-0.05, 0) is 61.0 Å². The van der Waals surface area contributed by atoms with Crippen LogP contribution in [0.2, 0.25) is 10.0 Å². The van der Waals surface area contributed by atoms with E-state index in [0.717, 1.165) is 10.5 Å². The number of rotatable bonds is 6. The van der Waals surface area contributed by atoms with Gasteiger partial charge in [0.05, 0.1) is 16.4 Å². The Morgan fingerprint density at radius 2 is 1.74 bits per heavy atom. The number of nitrogens with zero attached hydrogens (tertiary/aromatic N) is 2. The van der Waals surface area contributed by atoms with Crippen molar-refractivity contribution in [1.82, 2.24) is 4.98 Å². The van der Waals surface area contributed by atoms with Gasteiger partial charge in [-0.2, -0.15) is 0 Å². The lowest BCUT2D eigenvalue weighted by molar-refractivity contribution is -0.120. The maximum absolute atomic E-state index is 13.1. The van der Waals surface area contributed by atoms with Gasteiger partial charge < -0.3 is 5.32 Å². The summed E-state index contributed by atoms with van der Waals surface area (Å²) in [5.41, 5.74) is 3.26. The zero-order valence-electron chi connectivity index (χ0n) is 19.6. The summed E-state index contributed by atoms with van der Waals surface area (Å²) in [5.74, 6) is -1.62. The molecule has 3 aromatic carbocycles. The van der Waals surface area contributed by atoms with Crippen LogP contribution >= 0.6 is 46.1 Å². The van der Waals surface area contributed by atoms with Crippen LogP contribution in [0.5, 0.6) is 0 Å². The van der Waals surface area contributed by atoms with Gasteiger partial charge in [0.15, 0.2) is 5.13 Å². The Morgan fingerprint density at radius 3 is 2.50 bits per heavy atom. The Hall–Kier alpha value is -3.69. The standard InChI is InChI=1S/C27H17Cl3N4O3S/c1-14-4-2-7-18(10-14)34-25(36)22(30)23(26(34)37)31-17-6-3-5-15(11-17)24(35)33-27-32-21(13-38-27)19-9-8-16(28)12-20(19)29/h2-13,31H,1H3,(H,32,33,35). The fourth-order valence-electron chi connectivity index (χ4n) is 3.82. The molecule has 1 aliphatic heterocycles. The highest BCUT2D eigenvalue weighted by molar-refractivity contribution is 7.14. The third kappa shape index (κ3) is 5.16. The average molecular weight is 584 g/mol. The number of halogens is 3. The van der Waals surface area contributed by atoms with Gasteiger partial charge in [-0.1, -0.05) is 53.0 Å². The minimum absolute atomic E-state index is 0.0693. The second-order valence-electron chi connectivity index (χ2n) is 8.30. The van der Waals surface area contributed by atoms with Crippen LogP contribution in [-0.4, -0.2) is 22.7 Å². The number of anilines is 3. The molecular formula is C27H17Cl3N4O3S. The van der Waals surface area contributed by atoms with Crippen molar-refractivity contribution >= 4 is 80.4 Å². The fourth-order valence-corrected chi connectivity index (χ4v) is 5.24. The SMILES string of the molecule is Cc1cccc(N2C(=O)C(Cl)=C(Nc3cccc(C(=O)Nc4nc(-c5ccc(Cl)cc5Cl)cs4)c3)C2=O)c1. The average Bonchev–Trinajstić information content (AvgIpc) is 3.42. The molecule has 0 bridgehead atoms. The van der Waals surface area contributed by atoms with Crippen molar-refractivity contribution in [3.8, 4) is 11.3 Å². The highest BCUT2D eigenvalue weighted by atomic mass is 35.5. The molecule has 2 N–H and O–H groups in total. The molecule has 2 heterocycles. The van der Waals surface area contributed by atoms with E-state index in [2.05, 4.69) is 15.6 Å². The summed E-state index contributed by atoms with van der Waals surface area (Å²) in [6.07, 6.45) is 0. The monoisotopic (exact) mass is 582 g/mol. The van der Waals surface area contributed by atoms with E-state index in [1.165, 1.54) is 11.3 Å². The lowest BCUT2D eigenvalue weighted by Gasteiger charge is -2.15. The van der Waals surface area contributed by atoms with Crippen LogP contribution in [0.1, 0.15) is 15.9 Å². The number of imide groups is 1. The molecule has 0 radical (unpaired) electrons. The molecular weight excluding hydrogens is 567 g/mol. The molecule has 1 aliphatic rings. The van der Waals surface area contributed by atoms with E-state index in [1.807, 2.05) is 13.0 Å². The van der Waals surface area contributed by atoms with E-state index in [-0.39, 0.29) is 10.7 Å². The third-order valence-electron chi connectivity index (χ3n) is 5.61. The zero-order valence-corrected chi connectivity index (χ0v) is 22.7. The van der Waals surface area contributed by atoms with Crippen LogP contribution in [0.4, 0.5) is 16.5 Å². The van der Waals surface area contributed by atoms with Crippen molar-refractivity contribution in [2.75, 3.05) is 15.5 Å². The number of benzene rings is 3. The Kier molecular flexibility index (Phi) is 7.23. The summed E-state index contributed by atoms with van der Waals surface area (Å²) in [6, 6.07) is 18.5. The molecule has 0 fully saturated rings. The summed E-state index contributed by atoms with van der Waals surface area (Å²) in [4.78, 5) is 44.2. The molecule has 38 heavy (non-hydrogen) atoms. The van der Waals surface area contributed by atoms with Gasteiger partial charge >= 0.3 is 0 Å². The predicted octanol–water partition coefficient (Wildman–Crippen LogP) is 7.11. The maximum Gasteiger partial charge on any atom is 0.283 e. The number of hydrogen-bond acceptors (Lipinski definition) is 6. The first-order chi connectivity index (χ1) is 18.2. The van der Waals surface area contributed by atoms with Crippen molar-refractivity contribution in [2.45, 2.75) is 6.92 Å². The van der Waals surface area contributed by atoms with Gasteiger partial charge in [-0.3, -0.25) is 19.7 Å². The van der Waals surface area contributed by atoms with Gasteiger partial charge in [0, 0.05) is 27.2 Å². The summed E-state index contributed by atoms with van der Waals surface area (Å²) in [5, 5.41) is 8.55. The molecule has 3 amide bonds. The predicted molar refractivity (Wildman–Crippen MR) is 152 cm³/mol. The molecule has 0 spiro atoms. The number of nitrogens with one attached hydrogen (secondary N) is 2. The number of aromatic nitrogens is 1. The molecule has 0 saturated heterocycles. The Labute approximate surface area is 236 Å². The number of aryl methyl sites for hydroxylation is 1. The molecule has 4 aromatic rings. The number of carbonyl (C=O) groups is 3. The molecule has 0 unspecified atom stereocenters. The van der Waals surface area contributed by atoms with E-state index in [9.17, 15) is 14.4 Å². The van der Waals surface area contributed by atoms with Crippen LogP contribution in [0, 0.1) is 6.92 Å². The second kappa shape index (κ2) is 10.6. The normalized spacial score (nSPS) is 13.3. The summed E-state index contributed by atoms with van der Waals surface area (Å²) >= 11 is 19.7. The van der Waals surface area contributed by atoms with Crippen molar-refractivity contribution in [1.29, 1.82) is 0 Å². The van der Waals surface area contributed by atoms with Gasteiger partial charge in [0.2, 0.25) is 0 Å². The highest BCUT2D eigenvalue weighted by Crippen LogP contribution is 2.33. The lowest BCUT2D eigenvalue weighted by Crippen LogP contribution is -2.32. The maximum atomic E-state index is 13.1. The van der Waals surface area contributed by atoms with Crippen LogP contribution in [0.3, 0.4) is 0 Å². The van der Waals surface area contributed by atoms with Crippen molar-refractivity contribution in [3.63, 3.8) is 0 Å². The minimum atomic E-state index is -0.626. The first-order valence-electron chi connectivity index (χ1n) is 11.2. The van der Waals surface area contributed by atoms with E-state index in [1.54, 1.807) is 66.0 Å². The molecule has 1 aromatic heterocycles. The topological polar surface area (TPSA) is 91.4 Å². The minimum Gasteiger partial charge on any atom is -0.350 e. The molecule has 11 heteroatoms. The van der Waals surface area contributed by atoms with E-state index < -0.39 is 17.7 Å². The number of amides is 3. The van der Waals surface area contributed by atoms with Crippen LogP contribution in [-0.2, 0) is 9.59 Å². The van der Waals surface area contributed by atoms with E-state index in [4.69, 9.17) is 34.8 Å². The van der Waals surface area contributed by atoms with Crippen molar-refractivity contribution < 1.29 is 14.4 Å². The first kappa shape index (κ1) is 25.9. The van der Waals surface area contributed by atoms with Crippen molar-refractivity contribution in [3.05, 3.63) is 104 Å². The molecule has 7 nitrogen and oxygen atoms in total. The molecule has 0 saturated carbocycles. The smallest absolute Gasteiger partial charge is 0.283 e. The summed E-state index contributed by atoms with van der Waals surface area (Å²) < 4.78 is 0. The van der Waals surface area contributed by atoms with E-state index in [0.29, 0.717) is 43.4 Å². The molecule has 5 rings (SSSR count). The first-order valence-corrected chi connectivity index (χ1v) is 13.2. The van der Waals surface area contributed by atoms with E-state index >= 15 is 0 Å². The van der Waals surface area contributed by atoms with Gasteiger partial charge in [-0.15, -0.1) is 11.3 Å².